The average molecular weight is 678 g/mol. The number of hydrogen-bond acceptors (Lipinski definition) is 3. The highest BCUT2D eigenvalue weighted by molar-refractivity contribution is 6.98. The van der Waals surface area contributed by atoms with Gasteiger partial charge in [-0.1, -0.05) is 116 Å². The van der Waals surface area contributed by atoms with Crippen LogP contribution in [0.3, 0.4) is 0 Å². The smallest absolute Gasteiger partial charge is 0.243 e. The van der Waals surface area contributed by atoms with Gasteiger partial charge in [-0.2, -0.15) is 0 Å². The number of nitrogens with zero attached hydrogens (tertiary/aromatic N) is 1. The standard InChI is InChI=1S/C48H44BNO2/c1-29-25-31(3)47(32(4)26-29)49(48-33(5)27-30(2)28-34(48)6)43-23-11-35-10-22-42-44(24-12-36-9-21-41(43)45(35)46(36)42)50(37-13-17-39(51-7)18-14-37)38-15-19-40(52-8)20-16-38/h9-28H,1-8H3. The van der Waals surface area contributed by atoms with Crippen LogP contribution in [0.25, 0.3) is 32.3 Å². The molecule has 0 amide bonds. The minimum absolute atomic E-state index is 0.0836. The van der Waals surface area contributed by atoms with E-state index >= 15 is 0 Å². The van der Waals surface area contributed by atoms with E-state index < -0.39 is 0 Å². The van der Waals surface area contributed by atoms with Gasteiger partial charge in [-0.25, -0.2) is 0 Å². The van der Waals surface area contributed by atoms with Crippen LogP contribution in [-0.4, -0.2) is 20.9 Å². The Kier molecular flexibility index (Phi) is 8.42. The van der Waals surface area contributed by atoms with Gasteiger partial charge in [-0.15, -0.1) is 0 Å². The topological polar surface area (TPSA) is 21.7 Å². The molecule has 0 aromatic heterocycles. The second-order valence-corrected chi connectivity index (χ2v) is 14.5. The third-order valence-electron chi connectivity index (χ3n) is 10.9. The van der Waals surface area contributed by atoms with Crippen LogP contribution in [0.5, 0.6) is 11.5 Å². The Balaban J connectivity index is 1.42. The minimum Gasteiger partial charge on any atom is -0.497 e. The van der Waals surface area contributed by atoms with E-state index in [1.807, 2.05) is 24.3 Å². The lowest BCUT2D eigenvalue weighted by Crippen LogP contribution is -2.56. The van der Waals surface area contributed by atoms with Gasteiger partial charge in [0.1, 0.15) is 11.5 Å². The summed E-state index contributed by atoms with van der Waals surface area (Å²) in [6.07, 6.45) is 0. The van der Waals surface area contributed by atoms with Crippen molar-refractivity contribution in [2.75, 3.05) is 19.1 Å². The van der Waals surface area contributed by atoms with E-state index in [9.17, 15) is 0 Å². The monoisotopic (exact) mass is 677 g/mol. The maximum absolute atomic E-state index is 5.54. The maximum Gasteiger partial charge on any atom is 0.243 e. The van der Waals surface area contributed by atoms with Gasteiger partial charge in [0.25, 0.3) is 0 Å². The van der Waals surface area contributed by atoms with Crippen LogP contribution in [0.15, 0.2) is 121 Å². The number of benzene rings is 8. The normalized spacial score (nSPS) is 11.5. The molecular formula is C48H44BNO2. The van der Waals surface area contributed by atoms with Crippen LogP contribution in [-0.2, 0) is 0 Å². The van der Waals surface area contributed by atoms with Crippen molar-refractivity contribution in [3.8, 4) is 11.5 Å². The zero-order valence-electron chi connectivity index (χ0n) is 31.4. The predicted molar refractivity (Wildman–Crippen MR) is 224 cm³/mol. The molecule has 0 N–H and O–H groups in total. The van der Waals surface area contributed by atoms with E-state index in [1.165, 1.54) is 82.1 Å². The van der Waals surface area contributed by atoms with E-state index in [2.05, 4.69) is 144 Å². The van der Waals surface area contributed by atoms with Crippen LogP contribution < -0.4 is 30.8 Å². The lowest BCUT2D eigenvalue weighted by Gasteiger charge is -2.29. The molecule has 52 heavy (non-hydrogen) atoms. The van der Waals surface area contributed by atoms with Gasteiger partial charge in [-0.3, -0.25) is 0 Å². The number of aryl methyl sites for hydroxylation is 6. The summed E-state index contributed by atoms with van der Waals surface area (Å²) in [6, 6.07) is 44.6. The van der Waals surface area contributed by atoms with Crippen LogP contribution in [0.2, 0.25) is 0 Å². The third-order valence-corrected chi connectivity index (χ3v) is 10.9. The summed E-state index contributed by atoms with van der Waals surface area (Å²) >= 11 is 0. The van der Waals surface area contributed by atoms with Gasteiger partial charge in [-0.05, 0) is 123 Å². The van der Waals surface area contributed by atoms with Gasteiger partial charge < -0.3 is 14.4 Å². The molecule has 8 rings (SSSR count). The lowest BCUT2D eigenvalue weighted by molar-refractivity contribution is 0.415. The molecule has 0 saturated carbocycles. The first-order chi connectivity index (χ1) is 25.2. The fourth-order valence-electron chi connectivity index (χ4n) is 8.89. The Morgan fingerprint density at radius 2 is 0.846 bits per heavy atom. The summed E-state index contributed by atoms with van der Waals surface area (Å²) in [4.78, 5) is 2.34. The summed E-state index contributed by atoms with van der Waals surface area (Å²) < 4.78 is 11.1. The van der Waals surface area contributed by atoms with Crippen molar-refractivity contribution in [1.82, 2.24) is 0 Å². The number of hydrogen-bond donors (Lipinski definition) is 0. The third kappa shape index (κ3) is 5.54. The Bertz CT molecular complexity index is 2450. The van der Waals surface area contributed by atoms with Gasteiger partial charge in [0.15, 0.2) is 0 Å². The molecule has 0 unspecified atom stereocenters. The van der Waals surface area contributed by atoms with Crippen molar-refractivity contribution in [3.63, 3.8) is 0 Å². The van der Waals surface area contributed by atoms with Crippen molar-refractivity contribution in [2.45, 2.75) is 41.5 Å². The number of anilines is 3. The second-order valence-electron chi connectivity index (χ2n) is 14.5. The molecule has 0 aliphatic heterocycles. The van der Waals surface area contributed by atoms with E-state index in [4.69, 9.17) is 9.47 Å². The Morgan fingerprint density at radius 1 is 0.442 bits per heavy atom. The predicted octanol–water partition coefficient (Wildman–Crippen LogP) is 10.4. The zero-order chi connectivity index (χ0) is 36.3. The van der Waals surface area contributed by atoms with E-state index in [-0.39, 0.29) is 6.71 Å². The van der Waals surface area contributed by atoms with Crippen LogP contribution in [0.1, 0.15) is 33.4 Å². The number of ether oxygens (including phenoxy) is 2. The van der Waals surface area contributed by atoms with Crippen LogP contribution in [0, 0.1) is 41.5 Å². The summed E-state index contributed by atoms with van der Waals surface area (Å²) in [5.41, 5.74) is 15.3. The lowest BCUT2D eigenvalue weighted by atomic mass is 9.33. The molecule has 0 bridgehead atoms. The van der Waals surface area contributed by atoms with Crippen molar-refractivity contribution in [3.05, 3.63) is 155 Å². The molecule has 8 aromatic rings. The average Bonchev–Trinajstić information content (AvgIpc) is 3.13. The molecular weight excluding hydrogens is 633 g/mol. The van der Waals surface area contributed by atoms with E-state index in [1.54, 1.807) is 14.2 Å². The molecule has 0 spiro atoms. The Morgan fingerprint density at radius 3 is 1.31 bits per heavy atom. The molecule has 0 saturated heterocycles. The largest absolute Gasteiger partial charge is 0.497 e. The fraction of sp³-hybridized carbons (Fsp3) is 0.167. The van der Waals surface area contributed by atoms with Gasteiger partial charge >= 0.3 is 0 Å². The Labute approximate surface area is 307 Å². The highest BCUT2D eigenvalue weighted by Gasteiger charge is 2.31. The summed E-state index contributed by atoms with van der Waals surface area (Å²) in [7, 11) is 3.41. The summed E-state index contributed by atoms with van der Waals surface area (Å²) in [5, 5.41) is 7.60. The molecule has 8 aromatic carbocycles. The Hall–Kier alpha value is -5.74. The first kappa shape index (κ1) is 33.4. The van der Waals surface area contributed by atoms with E-state index in [0.29, 0.717) is 0 Å². The van der Waals surface area contributed by atoms with Gasteiger partial charge in [0, 0.05) is 16.8 Å². The minimum atomic E-state index is 0.0836. The van der Waals surface area contributed by atoms with Crippen molar-refractivity contribution >= 4 is 72.5 Å². The van der Waals surface area contributed by atoms with Gasteiger partial charge in [0.2, 0.25) is 6.71 Å². The number of methoxy groups -OCH3 is 2. The first-order valence-corrected chi connectivity index (χ1v) is 18.1. The van der Waals surface area contributed by atoms with Gasteiger partial charge in [0.05, 0.1) is 19.9 Å². The number of rotatable bonds is 8. The summed E-state index contributed by atoms with van der Waals surface area (Å²) in [6.45, 7) is 13.6. The fourth-order valence-corrected chi connectivity index (χ4v) is 8.89. The first-order valence-electron chi connectivity index (χ1n) is 18.1. The SMILES string of the molecule is COc1ccc(N(c2ccc(OC)cc2)c2ccc3ccc4c(B(c5c(C)cc(C)cc5C)c5c(C)cc(C)cc5C)ccc5ccc2c3c54)cc1. The second kappa shape index (κ2) is 13.1. The van der Waals surface area contributed by atoms with Crippen molar-refractivity contribution in [2.24, 2.45) is 0 Å². The molecule has 0 fully saturated rings. The molecule has 0 heterocycles. The van der Waals surface area contributed by atoms with Crippen LogP contribution in [0.4, 0.5) is 17.1 Å². The maximum atomic E-state index is 5.54. The van der Waals surface area contributed by atoms with Crippen LogP contribution >= 0.6 is 0 Å². The molecule has 256 valence electrons. The molecule has 0 atom stereocenters. The molecule has 0 aliphatic carbocycles. The summed E-state index contributed by atoms with van der Waals surface area (Å²) in [5.74, 6) is 1.66. The molecule has 3 nitrogen and oxygen atoms in total. The highest BCUT2D eigenvalue weighted by atomic mass is 16.5. The van der Waals surface area contributed by atoms with E-state index in [0.717, 1.165) is 28.6 Å². The quantitative estimate of drug-likeness (QED) is 0.118. The highest BCUT2D eigenvalue weighted by Crippen LogP contribution is 2.44. The van der Waals surface area contributed by atoms with Crippen molar-refractivity contribution < 1.29 is 9.47 Å². The molecule has 4 heteroatoms. The molecule has 0 aliphatic rings. The zero-order valence-corrected chi connectivity index (χ0v) is 31.4. The van der Waals surface area contributed by atoms with Crippen molar-refractivity contribution in [1.29, 1.82) is 0 Å². The molecule has 0 radical (unpaired) electrons.